The number of nitro groups is 1. The molecule has 0 radical (unpaired) electrons. The van der Waals surface area contributed by atoms with Crippen LogP contribution in [-0.4, -0.2) is 14.7 Å². The van der Waals surface area contributed by atoms with Gasteiger partial charge in [0.2, 0.25) is 0 Å². The van der Waals surface area contributed by atoms with E-state index in [1.54, 1.807) is 11.7 Å². The van der Waals surface area contributed by atoms with Crippen molar-refractivity contribution < 1.29 is 4.92 Å². The highest BCUT2D eigenvalue weighted by molar-refractivity contribution is 5.23. The van der Waals surface area contributed by atoms with E-state index in [2.05, 4.69) is 5.10 Å². The van der Waals surface area contributed by atoms with Crippen LogP contribution in [0.1, 0.15) is 25.5 Å². The molecule has 0 unspecified atom stereocenters. The quantitative estimate of drug-likeness (QED) is 0.497. The number of hydrogen-bond acceptors (Lipinski definition) is 3. The standard InChI is InChI=1S/C7H11N3O2/c1-5(2)6-4-7(10(11)12)8-9(6)3/h4-5H,1-3H3. The average molecular weight is 169 g/mol. The monoisotopic (exact) mass is 169 g/mol. The van der Waals surface area contributed by atoms with Crippen LogP contribution in [0, 0.1) is 10.1 Å². The second-order valence-corrected chi connectivity index (χ2v) is 2.96. The second kappa shape index (κ2) is 2.92. The summed E-state index contributed by atoms with van der Waals surface area (Å²) in [6.07, 6.45) is 0. The van der Waals surface area contributed by atoms with E-state index in [0.717, 1.165) is 5.69 Å². The normalized spacial score (nSPS) is 10.7. The summed E-state index contributed by atoms with van der Waals surface area (Å²) < 4.78 is 1.54. The fourth-order valence-corrected chi connectivity index (χ4v) is 1.10. The Labute approximate surface area is 70.2 Å². The highest BCUT2D eigenvalue weighted by Crippen LogP contribution is 2.18. The van der Waals surface area contributed by atoms with Gasteiger partial charge in [0, 0.05) is 0 Å². The number of rotatable bonds is 2. The van der Waals surface area contributed by atoms with Crippen molar-refractivity contribution >= 4 is 5.82 Å². The predicted octanol–water partition coefficient (Wildman–Crippen LogP) is 1.45. The Balaban J connectivity index is 3.09. The zero-order valence-electron chi connectivity index (χ0n) is 7.31. The first-order chi connectivity index (χ1) is 5.52. The maximum atomic E-state index is 10.3. The minimum absolute atomic E-state index is 0.0822. The fraction of sp³-hybridized carbons (Fsp3) is 0.571. The summed E-state index contributed by atoms with van der Waals surface area (Å²) in [7, 11) is 1.71. The van der Waals surface area contributed by atoms with Crippen molar-refractivity contribution in [2.45, 2.75) is 19.8 Å². The molecule has 0 atom stereocenters. The van der Waals surface area contributed by atoms with Gasteiger partial charge >= 0.3 is 5.82 Å². The molecule has 0 saturated heterocycles. The zero-order valence-corrected chi connectivity index (χ0v) is 7.31. The van der Waals surface area contributed by atoms with Gasteiger partial charge in [-0.05, 0) is 10.8 Å². The molecule has 0 bridgehead atoms. The summed E-state index contributed by atoms with van der Waals surface area (Å²) in [5.74, 6) is 0.178. The molecule has 0 saturated carbocycles. The lowest BCUT2D eigenvalue weighted by molar-refractivity contribution is -0.389. The van der Waals surface area contributed by atoms with Crippen molar-refractivity contribution in [3.8, 4) is 0 Å². The van der Waals surface area contributed by atoms with Crippen LogP contribution >= 0.6 is 0 Å². The Morgan fingerprint density at radius 2 is 2.25 bits per heavy atom. The van der Waals surface area contributed by atoms with E-state index in [-0.39, 0.29) is 11.7 Å². The second-order valence-electron chi connectivity index (χ2n) is 2.96. The number of aromatic nitrogens is 2. The molecule has 0 amide bonds. The van der Waals surface area contributed by atoms with Crippen LogP contribution in [0.3, 0.4) is 0 Å². The summed E-state index contributed by atoms with van der Waals surface area (Å²) in [5.41, 5.74) is 0.877. The Kier molecular flexibility index (Phi) is 2.12. The van der Waals surface area contributed by atoms with Crippen molar-refractivity contribution in [3.63, 3.8) is 0 Å². The van der Waals surface area contributed by atoms with Crippen molar-refractivity contribution in [2.24, 2.45) is 7.05 Å². The van der Waals surface area contributed by atoms with E-state index in [9.17, 15) is 10.1 Å². The molecule has 1 rings (SSSR count). The molecule has 0 spiro atoms. The third-order valence-electron chi connectivity index (χ3n) is 1.68. The van der Waals surface area contributed by atoms with Crippen molar-refractivity contribution in [3.05, 3.63) is 21.9 Å². The van der Waals surface area contributed by atoms with Gasteiger partial charge in [0.15, 0.2) is 0 Å². The van der Waals surface area contributed by atoms with Crippen LogP contribution in [0.25, 0.3) is 0 Å². The zero-order chi connectivity index (χ0) is 9.30. The van der Waals surface area contributed by atoms with Gasteiger partial charge in [-0.1, -0.05) is 13.8 Å². The van der Waals surface area contributed by atoms with E-state index in [1.165, 1.54) is 6.07 Å². The fourth-order valence-electron chi connectivity index (χ4n) is 1.10. The van der Waals surface area contributed by atoms with Crippen LogP contribution in [0.4, 0.5) is 5.82 Å². The van der Waals surface area contributed by atoms with Gasteiger partial charge in [-0.25, -0.2) is 0 Å². The molecular formula is C7H11N3O2. The van der Waals surface area contributed by atoms with Crippen LogP contribution in [0.15, 0.2) is 6.07 Å². The van der Waals surface area contributed by atoms with Crippen molar-refractivity contribution in [2.75, 3.05) is 0 Å². The molecule has 0 aliphatic rings. The number of aryl methyl sites for hydroxylation is 1. The molecule has 5 nitrogen and oxygen atoms in total. The molecule has 0 aromatic carbocycles. The molecule has 12 heavy (non-hydrogen) atoms. The first-order valence-corrected chi connectivity index (χ1v) is 3.70. The van der Waals surface area contributed by atoms with Gasteiger partial charge in [-0.2, -0.15) is 4.68 Å². The minimum Gasteiger partial charge on any atom is -0.358 e. The van der Waals surface area contributed by atoms with E-state index >= 15 is 0 Å². The molecule has 1 aromatic rings. The largest absolute Gasteiger partial charge is 0.390 e. The Morgan fingerprint density at radius 3 is 2.50 bits per heavy atom. The lowest BCUT2D eigenvalue weighted by Gasteiger charge is -1.99. The van der Waals surface area contributed by atoms with E-state index in [1.807, 2.05) is 13.8 Å². The van der Waals surface area contributed by atoms with Gasteiger partial charge in [-0.3, -0.25) is 0 Å². The molecule has 66 valence electrons. The SMILES string of the molecule is CC(C)c1cc([N+](=O)[O-])nn1C. The molecule has 0 N–H and O–H groups in total. The molecule has 0 aliphatic heterocycles. The average Bonchev–Trinajstić information content (AvgIpc) is 2.30. The third-order valence-corrected chi connectivity index (χ3v) is 1.68. The van der Waals surface area contributed by atoms with Gasteiger partial charge in [-0.15, -0.1) is 0 Å². The van der Waals surface area contributed by atoms with Gasteiger partial charge < -0.3 is 10.1 Å². The molecule has 0 aliphatic carbocycles. The molecule has 5 heteroatoms. The van der Waals surface area contributed by atoms with Gasteiger partial charge in [0.1, 0.15) is 0 Å². The van der Waals surface area contributed by atoms with Crippen molar-refractivity contribution in [1.82, 2.24) is 9.78 Å². The molecule has 0 fully saturated rings. The van der Waals surface area contributed by atoms with Crippen LogP contribution in [-0.2, 0) is 7.05 Å². The van der Waals surface area contributed by atoms with E-state index < -0.39 is 4.92 Å². The van der Waals surface area contributed by atoms with Crippen LogP contribution in [0.5, 0.6) is 0 Å². The Morgan fingerprint density at radius 1 is 1.67 bits per heavy atom. The Hall–Kier alpha value is -1.39. The topological polar surface area (TPSA) is 61.0 Å². The van der Waals surface area contributed by atoms with Gasteiger partial charge in [0.25, 0.3) is 0 Å². The van der Waals surface area contributed by atoms with Crippen LogP contribution in [0.2, 0.25) is 0 Å². The maximum absolute atomic E-state index is 10.3. The lowest BCUT2D eigenvalue weighted by atomic mass is 10.1. The lowest BCUT2D eigenvalue weighted by Crippen LogP contribution is -1.99. The summed E-state index contributed by atoms with van der Waals surface area (Å²) in [4.78, 5) is 9.84. The Bertz CT molecular complexity index is 304. The maximum Gasteiger partial charge on any atom is 0.390 e. The van der Waals surface area contributed by atoms with E-state index in [0.29, 0.717) is 0 Å². The summed E-state index contributed by atoms with van der Waals surface area (Å²) in [6, 6.07) is 1.50. The van der Waals surface area contributed by atoms with E-state index in [4.69, 9.17) is 0 Å². The minimum atomic E-state index is -0.480. The van der Waals surface area contributed by atoms with Crippen LogP contribution < -0.4 is 0 Å². The first-order valence-electron chi connectivity index (χ1n) is 3.70. The third kappa shape index (κ3) is 1.44. The number of nitrogens with zero attached hydrogens (tertiary/aromatic N) is 3. The predicted molar refractivity (Wildman–Crippen MR) is 44.0 cm³/mol. The first kappa shape index (κ1) is 8.70. The summed E-state index contributed by atoms with van der Waals surface area (Å²) >= 11 is 0. The summed E-state index contributed by atoms with van der Waals surface area (Å²) in [6.45, 7) is 3.95. The smallest absolute Gasteiger partial charge is 0.358 e. The highest BCUT2D eigenvalue weighted by Gasteiger charge is 2.16. The molecule has 1 aromatic heterocycles. The number of hydrogen-bond donors (Lipinski definition) is 0. The molecular weight excluding hydrogens is 158 g/mol. The van der Waals surface area contributed by atoms with Gasteiger partial charge in [0.05, 0.1) is 23.9 Å². The summed E-state index contributed by atoms with van der Waals surface area (Å²) in [5, 5.41) is 14.1. The van der Waals surface area contributed by atoms with Crippen molar-refractivity contribution in [1.29, 1.82) is 0 Å². The molecule has 1 heterocycles. The highest BCUT2D eigenvalue weighted by atomic mass is 16.6.